The molecule has 5 N–H and O–H groups in total. The van der Waals surface area contributed by atoms with Crippen molar-refractivity contribution in [2.24, 2.45) is 5.41 Å². The van der Waals surface area contributed by atoms with E-state index >= 15 is 0 Å². The minimum atomic E-state index is -1.21. The minimum absolute atomic E-state index is 0.0181. The van der Waals surface area contributed by atoms with E-state index in [9.17, 15) is 25.2 Å². The number of nitrogens with one attached hydrogen (secondary N) is 1. The van der Waals surface area contributed by atoms with Crippen LogP contribution in [0.15, 0.2) is 36.4 Å². The number of phenolic OH excluding ortho intramolecular Hbond substituents is 1. The smallest absolute Gasteiger partial charge is 0.242 e. The van der Waals surface area contributed by atoms with Crippen molar-refractivity contribution in [3.8, 4) is 5.75 Å². The number of amides is 1. The Balaban J connectivity index is 1.24. The zero-order valence-electron chi connectivity index (χ0n) is 31.0. The number of aliphatic hydroxyl groups is 3. The Hall–Kier alpha value is -2.83. The second kappa shape index (κ2) is 15.8. The number of aliphatic hydroxyl groups excluding tert-OH is 3. The maximum atomic E-state index is 13.4. The molecule has 10 heteroatoms. The molecular formula is C40H59N3O7. The molecule has 0 saturated carbocycles. The van der Waals surface area contributed by atoms with Gasteiger partial charge >= 0.3 is 0 Å². The van der Waals surface area contributed by atoms with Gasteiger partial charge in [-0.1, -0.05) is 64.5 Å². The van der Waals surface area contributed by atoms with E-state index in [0.29, 0.717) is 12.0 Å². The highest BCUT2D eigenvalue weighted by molar-refractivity contribution is 5.85. The summed E-state index contributed by atoms with van der Waals surface area (Å²) in [7, 11) is 0. The lowest BCUT2D eigenvalue weighted by Crippen LogP contribution is -2.59. The van der Waals surface area contributed by atoms with Crippen molar-refractivity contribution in [2.75, 3.05) is 39.3 Å². The highest BCUT2D eigenvalue weighted by Crippen LogP contribution is 2.41. The first-order valence-corrected chi connectivity index (χ1v) is 18.4. The largest absolute Gasteiger partial charge is 0.508 e. The Morgan fingerprint density at radius 1 is 1.00 bits per heavy atom. The maximum absolute atomic E-state index is 13.4. The summed E-state index contributed by atoms with van der Waals surface area (Å²) in [5.74, 6) is 0.135. The van der Waals surface area contributed by atoms with Crippen LogP contribution in [0.1, 0.15) is 93.9 Å². The van der Waals surface area contributed by atoms with Crippen LogP contribution in [0.3, 0.4) is 0 Å². The third-order valence-corrected chi connectivity index (χ3v) is 10.7. The van der Waals surface area contributed by atoms with Crippen LogP contribution in [-0.2, 0) is 27.1 Å². The second-order valence-electron chi connectivity index (χ2n) is 15.6. The van der Waals surface area contributed by atoms with Gasteiger partial charge < -0.3 is 39.7 Å². The Kier molecular flexibility index (Phi) is 12.1. The van der Waals surface area contributed by atoms with Gasteiger partial charge in [0.1, 0.15) is 30.3 Å². The van der Waals surface area contributed by atoms with Gasteiger partial charge in [0.2, 0.25) is 5.91 Å². The molecule has 10 nitrogen and oxygen atoms in total. The topological polar surface area (TPSA) is 138 Å². The molecule has 1 amide bonds. The van der Waals surface area contributed by atoms with E-state index in [4.69, 9.17) is 9.47 Å². The number of carbonyl (C=O) groups is 1. The summed E-state index contributed by atoms with van der Waals surface area (Å²) in [6.07, 6.45) is 2.69. The summed E-state index contributed by atoms with van der Waals surface area (Å²) in [6.45, 7) is 18.6. The number of benzene rings is 2. The van der Waals surface area contributed by atoms with Gasteiger partial charge in [-0.2, -0.15) is 0 Å². The molecule has 0 radical (unpaired) electrons. The van der Waals surface area contributed by atoms with Crippen LogP contribution < -0.4 is 5.32 Å². The number of epoxide rings is 1. The van der Waals surface area contributed by atoms with Crippen LogP contribution in [0.5, 0.6) is 5.75 Å². The fourth-order valence-corrected chi connectivity index (χ4v) is 7.42. The molecule has 0 bridgehead atoms. The molecule has 50 heavy (non-hydrogen) atoms. The normalized spacial score (nSPS) is 26.5. The summed E-state index contributed by atoms with van der Waals surface area (Å²) in [6, 6.07) is 10.0. The van der Waals surface area contributed by atoms with Crippen LogP contribution in [0.25, 0.3) is 6.08 Å². The van der Waals surface area contributed by atoms with Crippen molar-refractivity contribution in [1.29, 1.82) is 0 Å². The molecule has 2 unspecified atom stereocenters. The first-order chi connectivity index (χ1) is 23.7. The van der Waals surface area contributed by atoms with Crippen LogP contribution >= 0.6 is 0 Å². The van der Waals surface area contributed by atoms with Crippen LogP contribution in [0, 0.1) is 12.3 Å². The molecule has 3 aliphatic heterocycles. The first kappa shape index (κ1) is 38.4. The Bertz CT molecular complexity index is 1520. The van der Waals surface area contributed by atoms with E-state index < -0.39 is 30.0 Å². The molecule has 2 aromatic rings. The first-order valence-electron chi connectivity index (χ1n) is 18.4. The number of carbonyl (C=O) groups excluding carboxylic acids is 1. The molecule has 3 aliphatic rings. The Morgan fingerprint density at radius 3 is 2.36 bits per heavy atom. The molecule has 5 rings (SSSR count). The summed E-state index contributed by atoms with van der Waals surface area (Å²) in [5.41, 5.74) is 4.85. The zero-order valence-corrected chi connectivity index (χ0v) is 31.0. The molecule has 3 fully saturated rings. The van der Waals surface area contributed by atoms with E-state index in [1.165, 1.54) is 0 Å². The molecular weight excluding hydrogens is 634 g/mol. The lowest BCUT2D eigenvalue weighted by Gasteiger charge is -2.38. The lowest BCUT2D eigenvalue weighted by molar-refractivity contribution is -0.180. The van der Waals surface area contributed by atoms with Gasteiger partial charge in [0, 0.05) is 43.6 Å². The molecule has 6 atom stereocenters. The van der Waals surface area contributed by atoms with Gasteiger partial charge in [-0.3, -0.25) is 10.1 Å². The van der Waals surface area contributed by atoms with Crippen LogP contribution in [0.2, 0.25) is 0 Å². The monoisotopic (exact) mass is 693 g/mol. The number of aryl methyl sites for hydroxylation is 2. The summed E-state index contributed by atoms with van der Waals surface area (Å²) < 4.78 is 12.0. The summed E-state index contributed by atoms with van der Waals surface area (Å²) >= 11 is 0. The Morgan fingerprint density at radius 2 is 1.72 bits per heavy atom. The predicted molar refractivity (Wildman–Crippen MR) is 195 cm³/mol. The fraction of sp³-hybridized carbons (Fsp3) is 0.625. The molecule has 0 aliphatic carbocycles. The van der Waals surface area contributed by atoms with Gasteiger partial charge in [0.05, 0.1) is 24.4 Å². The van der Waals surface area contributed by atoms with Crippen molar-refractivity contribution in [3.63, 3.8) is 0 Å². The van der Waals surface area contributed by atoms with E-state index in [-0.39, 0.29) is 42.4 Å². The van der Waals surface area contributed by atoms with Gasteiger partial charge in [0.15, 0.2) is 0 Å². The predicted octanol–water partition coefficient (Wildman–Crippen LogP) is 4.08. The van der Waals surface area contributed by atoms with Crippen molar-refractivity contribution in [2.45, 2.75) is 116 Å². The molecule has 3 saturated heterocycles. The minimum Gasteiger partial charge on any atom is -0.508 e. The number of hydrogen-bond acceptors (Lipinski definition) is 9. The van der Waals surface area contributed by atoms with Crippen molar-refractivity contribution in [3.05, 3.63) is 69.8 Å². The maximum Gasteiger partial charge on any atom is 0.242 e. The molecule has 276 valence electrons. The number of nitrogens with zero attached hydrogens (tertiary/aromatic N) is 2. The quantitative estimate of drug-likeness (QED) is 0.197. The molecule has 0 spiro atoms. The zero-order chi connectivity index (χ0) is 36.4. The molecule has 3 heterocycles. The number of likely N-dealkylation sites (N-methyl/N-ethyl adjacent to an activating group) is 1. The van der Waals surface area contributed by atoms with E-state index in [1.54, 1.807) is 6.07 Å². The number of rotatable bonds is 13. The average molecular weight is 694 g/mol. The third-order valence-electron chi connectivity index (χ3n) is 10.7. The highest BCUT2D eigenvalue weighted by atomic mass is 16.6. The van der Waals surface area contributed by atoms with Crippen molar-refractivity contribution < 1.29 is 34.7 Å². The van der Waals surface area contributed by atoms with E-state index in [0.717, 1.165) is 73.4 Å². The SMILES string of the molecule is CCCc1cc(O)c([C@@H]2O[C@H](CO)C[C@H](O)[C@H]2O)cc1Cc1ccc(/C=C/C(C)(C)C2OC2NC(C)(C)C(=O)N2CCN(CC)CC2)cc1C. The van der Waals surface area contributed by atoms with Gasteiger partial charge in [-0.05, 0) is 80.1 Å². The van der Waals surface area contributed by atoms with Crippen molar-refractivity contribution >= 4 is 12.0 Å². The second-order valence-corrected chi connectivity index (χ2v) is 15.6. The standard InChI is InChI=1S/C40H59N3O7/c1-8-10-28-22-32(45)31(35-34(47)33(46)23-30(24-44)49-35)21-29(28)20-27-12-11-26(19-25(27)3)13-14-39(4,5)36-37(50-36)41-40(6,7)38(48)43-17-15-42(9-2)16-18-43/h11-14,19,21-22,30,33-37,41,44-47H,8-10,15-18,20,23-24H2,1-7H3/b14-13+/t30-,33-,34+,35-,36?,37?/m0/s1. The summed E-state index contributed by atoms with van der Waals surface area (Å²) in [5, 5.41) is 45.3. The van der Waals surface area contributed by atoms with E-state index in [2.05, 4.69) is 75.2 Å². The van der Waals surface area contributed by atoms with Gasteiger partial charge in [-0.25, -0.2) is 0 Å². The fourth-order valence-electron chi connectivity index (χ4n) is 7.42. The number of phenols is 1. The number of piperazine rings is 1. The highest BCUT2D eigenvalue weighted by Gasteiger charge is 2.51. The lowest BCUT2D eigenvalue weighted by atomic mass is 9.86. The van der Waals surface area contributed by atoms with Gasteiger partial charge in [-0.15, -0.1) is 0 Å². The molecule has 2 aromatic carbocycles. The van der Waals surface area contributed by atoms with Crippen molar-refractivity contribution in [1.82, 2.24) is 15.1 Å². The summed E-state index contributed by atoms with van der Waals surface area (Å²) in [4.78, 5) is 17.7. The van der Waals surface area contributed by atoms with Crippen LogP contribution in [0.4, 0.5) is 0 Å². The Labute approximate surface area is 298 Å². The third kappa shape index (κ3) is 8.78. The molecule has 0 aromatic heterocycles. The number of hydrogen-bond donors (Lipinski definition) is 5. The van der Waals surface area contributed by atoms with E-state index in [1.807, 2.05) is 24.8 Å². The average Bonchev–Trinajstić information content (AvgIpc) is 3.86. The number of aromatic hydroxyl groups is 1. The van der Waals surface area contributed by atoms with Crippen LogP contribution in [-0.4, -0.2) is 112 Å². The number of ether oxygens (including phenoxy) is 2. The van der Waals surface area contributed by atoms with Gasteiger partial charge in [0.25, 0.3) is 0 Å².